The standard InChI is InChI=1S/C17H24N2O4/c1-12(2)18-4-6-19(7-5-18)17(20)13-10-14(21-3)16-15(11-13)22-8-9-23-16/h10-12H,4-9H2,1-3H3. The zero-order valence-corrected chi connectivity index (χ0v) is 14.0. The van der Waals surface area contributed by atoms with Gasteiger partial charge in [0.25, 0.3) is 5.91 Å². The molecule has 0 aromatic heterocycles. The van der Waals surface area contributed by atoms with Gasteiger partial charge in [0.15, 0.2) is 11.5 Å². The molecule has 0 atom stereocenters. The predicted molar refractivity (Wildman–Crippen MR) is 86.6 cm³/mol. The van der Waals surface area contributed by atoms with Crippen LogP contribution in [0.1, 0.15) is 24.2 Å². The number of hydrogen-bond donors (Lipinski definition) is 0. The highest BCUT2D eigenvalue weighted by atomic mass is 16.6. The highest BCUT2D eigenvalue weighted by molar-refractivity contribution is 5.95. The number of fused-ring (bicyclic) bond motifs is 1. The summed E-state index contributed by atoms with van der Waals surface area (Å²) in [5, 5.41) is 0. The first-order valence-electron chi connectivity index (χ1n) is 8.11. The molecular formula is C17H24N2O4. The van der Waals surface area contributed by atoms with Crippen molar-refractivity contribution >= 4 is 5.91 Å². The lowest BCUT2D eigenvalue weighted by molar-refractivity contribution is 0.0594. The fraction of sp³-hybridized carbons (Fsp3) is 0.588. The summed E-state index contributed by atoms with van der Waals surface area (Å²) in [5.41, 5.74) is 0.587. The Balaban J connectivity index is 1.78. The van der Waals surface area contributed by atoms with Gasteiger partial charge in [-0.1, -0.05) is 0 Å². The van der Waals surface area contributed by atoms with E-state index in [2.05, 4.69) is 18.7 Å². The van der Waals surface area contributed by atoms with Crippen LogP contribution in [0.2, 0.25) is 0 Å². The van der Waals surface area contributed by atoms with Crippen molar-refractivity contribution < 1.29 is 19.0 Å². The average Bonchev–Trinajstić information content (AvgIpc) is 2.60. The second kappa shape index (κ2) is 6.66. The topological polar surface area (TPSA) is 51.2 Å². The van der Waals surface area contributed by atoms with E-state index in [9.17, 15) is 4.79 Å². The highest BCUT2D eigenvalue weighted by Gasteiger charge is 2.26. The Kier molecular flexibility index (Phi) is 4.61. The molecule has 1 fully saturated rings. The van der Waals surface area contributed by atoms with Crippen LogP contribution in [-0.4, -0.2) is 68.3 Å². The SMILES string of the molecule is COc1cc(C(=O)N2CCN(C(C)C)CC2)cc2c1OCCO2. The van der Waals surface area contributed by atoms with E-state index in [1.54, 1.807) is 19.2 Å². The summed E-state index contributed by atoms with van der Waals surface area (Å²) in [7, 11) is 1.57. The van der Waals surface area contributed by atoms with Crippen LogP contribution in [0.4, 0.5) is 0 Å². The van der Waals surface area contributed by atoms with Crippen molar-refractivity contribution in [1.29, 1.82) is 0 Å². The summed E-state index contributed by atoms with van der Waals surface area (Å²) < 4.78 is 16.5. The van der Waals surface area contributed by atoms with E-state index in [-0.39, 0.29) is 5.91 Å². The van der Waals surface area contributed by atoms with Crippen LogP contribution >= 0.6 is 0 Å². The number of carbonyl (C=O) groups excluding carboxylic acids is 1. The molecule has 0 spiro atoms. The average molecular weight is 320 g/mol. The molecule has 0 radical (unpaired) electrons. The number of benzene rings is 1. The van der Waals surface area contributed by atoms with Gasteiger partial charge in [0.1, 0.15) is 13.2 Å². The Morgan fingerprint density at radius 3 is 2.48 bits per heavy atom. The maximum atomic E-state index is 12.8. The van der Waals surface area contributed by atoms with E-state index in [1.807, 2.05) is 4.90 Å². The Morgan fingerprint density at radius 2 is 1.83 bits per heavy atom. The van der Waals surface area contributed by atoms with E-state index in [1.165, 1.54) is 0 Å². The molecule has 1 aromatic rings. The van der Waals surface area contributed by atoms with E-state index in [4.69, 9.17) is 14.2 Å². The first-order valence-corrected chi connectivity index (χ1v) is 8.11. The van der Waals surface area contributed by atoms with Crippen molar-refractivity contribution in [2.45, 2.75) is 19.9 Å². The number of rotatable bonds is 3. The number of carbonyl (C=O) groups is 1. The molecule has 6 heteroatoms. The van der Waals surface area contributed by atoms with Crippen LogP contribution < -0.4 is 14.2 Å². The molecule has 1 saturated heterocycles. The Labute approximate surface area is 136 Å². The fourth-order valence-electron chi connectivity index (χ4n) is 3.02. The second-order valence-electron chi connectivity index (χ2n) is 6.12. The van der Waals surface area contributed by atoms with Crippen molar-refractivity contribution in [2.24, 2.45) is 0 Å². The molecule has 0 N–H and O–H groups in total. The summed E-state index contributed by atoms with van der Waals surface area (Å²) >= 11 is 0. The first kappa shape index (κ1) is 15.9. The van der Waals surface area contributed by atoms with Crippen LogP contribution in [0, 0.1) is 0 Å². The Hall–Kier alpha value is -1.95. The largest absolute Gasteiger partial charge is 0.493 e. The maximum Gasteiger partial charge on any atom is 0.254 e. The quantitative estimate of drug-likeness (QED) is 0.847. The molecule has 0 bridgehead atoms. The van der Waals surface area contributed by atoms with Crippen LogP contribution in [0.25, 0.3) is 0 Å². The Morgan fingerprint density at radius 1 is 1.13 bits per heavy atom. The number of methoxy groups -OCH3 is 1. The minimum atomic E-state index is 0.0173. The number of hydrogen-bond acceptors (Lipinski definition) is 5. The molecule has 3 rings (SSSR count). The summed E-state index contributed by atoms with van der Waals surface area (Å²) in [4.78, 5) is 17.1. The van der Waals surface area contributed by atoms with E-state index >= 15 is 0 Å². The minimum Gasteiger partial charge on any atom is -0.493 e. The van der Waals surface area contributed by atoms with E-state index < -0.39 is 0 Å². The minimum absolute atomic E-state index is 0.0173. The zero-order chi connectivity index (χ0) is 16.4. The monoisotopic (exact) mass is 320 g/mol. The smallest absolute Gasteiger partial charge is 0.254 e. The molecular weight excluding hydrogens is 296 g/mol. The van der Waals surface area contributed by atoms with Crippen LogP contribution in [-0.2, 0) is 0 Å². The van der Waals surface area contributed by atoms with Gasteiger partial charge < -0.3 is 19.1 Å². The van der Waals surface area contributed by atoms with E-state index in [0.29, 0.717) is 42.1 Å². The van der Waals surface area contributed by atoms with Gasteiger partial charge in [-0.05, 0) is 26.0 Å². The molecule has 2 aliphatic heterocycles. The molecule has 23 heavy (non-hydrogen) atoms. The third-order valence-electron chi connectivity index (χ3n) is 4.41. The maximum absolute atomic E-state index is 12.8. The zero-order valence-electron chi connectivity index (χ0n) is 14.0. The summed E-state index contributed by atoms with van der Waals surface area (Å²) in [6.45, 7) is 8.65. The van der Waals surface area contributed by atoms with Crippen molar-refractivity contribution in [3.05, 3.63) is 17.7 Å². The first-order chi connectivity index (χ1) is 11.1. The lowest BCUT2D eigenvalue weighted by atomic mass is 10.1. The molecule has 2 heterocycles. The third-order valence-corrected chi connectivity index (χ3v) is 4.41. The molecule has 0 unspecified atom stereocenters. The van der Waals surface area contributed by atoms with Crippen LogP contribution in [0.5, 0.6) is 17.2 Å². The molecule has 2 aliphatic rings. The molecule has 0 saturated carbocycles. The van der Waals surface area contributed by atoms with Gasteiger partial charge in [-0.3, -0.25) is 9.69 Å². The van der Waals surface area contributed by atoms with Gasteiger partial charge in [-0.2, -0.15) is 0 Å². The van der Waals surface area contributed by atoms with Crippen molar-refractivity contribution in [1.82, 2.24) is 9.80 Å². The molecule has 1 aromatic carbocycles. The molecule has 6 nitrogen and oxygen atoms in total. The van der Waals surface area contributed by atoms with Gasteiger partial charge in [-0.15, -0.1) is 0 Å². The lowest BCUT2D eigenvalue weighted by Gasteiger charge is -2.37. The van der Waals surface area contributed by atoms with Crippen molar-refractivity contribution in [3.8, 4) is 17.2 Å². The van der Waals surface area contributed by atoms with Crippen LogP contribution in [0.15, 0.2) is 12.1 Å². The number of nitrogens with zero attached hydrogens (tertiary/aromatic N) is 2. The third kappa shape index (κ3) is 3.22. The summed E-state index contributed by atoms with van der Waals surface area (Å²) in [6.07, 6.45) is 0. The summed E-state index contributed by atoms with van der Waals surface area (Å²) in [6, 6.07) is 4.01. The van der Waals surface area contributed by atoms with Gasteiger partial charge >= 0.3 is 0 Å². The van der Waals surface area contributed by atoms with Gasteiger partial charge in [0.2, 0.25) is 5.75 Å². The summed E-state index contributed by atoms with van der Waals surface area (Å²) in [5.74, 6) is 1.73. The molecule has 1 amide bonds. The van der Waals surface area contributed by atoms with Crippen molar-refractivity contribution in [2.75, 3.05) is 46.5 Å². The second-order valence-corrected chi connectivity index (χ2v) is 6.12. The molecule has 0 aliphatic carbocycles. The number of piperazine rings is 1. The van der Waals surface area contributed by atoms with Crippen molar-refractivity contribution in [3.63, 3.8) is 0 Å². The van der Waals surface area contributed by atoms with E-state index in [0.717, 1.165) is 26.2 Å². The van der Waals surface area contributed by atoms with Gasteiger partial charge in [0, 0.05) is 37.8 Å². The number of amides is 1. The van der Waals surface area contributed by atoms with Gasteiger partial charge in [0.05, 0.1) is 7.11 Å². The molecule has 126 valence electrons. The van der Waals surface area contributed by atoms with Gasteiger partial charge in [-0.25, -0.2) is 0 Å². The predicted octanol–water partition coefficient (Wildman–Crippen LogP) is 1.63. The highest BCUT2D eigenvalue weighted by Crippen LogP contribution is 2.40. The number of ether oxygens (including phenoxy) is 3. The lowest BCUT2D eigenvalue weighted by Crippen LogP contribution is -2.50. The fourth-order valence-corrected chi connectivity index (χ4v) is 3.02. The van der Waals surface area contributed by atoms with Crippen LogP contribution in [0.3, 0.4) is 0 Å². The Bertz CT molecular complexity index is 563. The normalized spacial score (nSPS) is 18.2.